The van der Waals surface area contributed by atoms with E-state index in [0.717, 1.165) is 18.2 Å². The predicted octanol–water partition coefficient (Wildman–Crippen LogP) is 2.58. The van der Waals surface area contributed by atoms with Gasteiger partial charge >= 0.3 is 6.18 Å². The van der Waals surface area contributed by atoms with E-state index in [9.17, 15) is 27.2 Å². The third-order valence-corrected chi connectivity index (χ3v) is 4.44. The molecule has 1 saturated heterocycles. The quantitative estimate of drug-likeness (QED) is 0.282. The molecule has 2 unspecified atom stereocenters. The van der Waals surface area contributed by atoms with Crippen molar-refractivity contribution in [3.8, 4) is 0 Å². The van der Waals surface area contributed by atoms with Gasteiger partial charge < -0.3 is 5.32 Å². The van der Waals surface area contributed by atoms with Crippen LogP contribution in [0.1, 0.15) is 17.0 Å². The van der Waals surface area contributed by atoms with E-state index in [1.807, 2.05) is 0 Å². The van der Waals surface area contributed by atoms with Gasteiger partial charge in [0.15, 0.2) is 0 Å². The molecule has 2 aromatic carbocycles. The number of nitrogens with one attached hydrogen (secondary N) is 1. The van der Waals surface area contributed by atoms with Crippen LogP contribution in [-0.4, -0.2) is 18.4 Å². The lowest BCUT2D eigenvalue weighted by molar-refractivity contribution is -0.137. The molecule has 27 heavy (non-hydrogen) atoms. The highest BCUT2D eigenvalue weighted by molar-refractivity contribution is 6.09. The lowest BCUT2D eigenvalue weighted by Crippen LogP contribution is -2.45. The molecule has 142 valence electrons. The topological polar surface area (TPSA) is 75.4 Å². The van der Waals surface area contributed by atoms with Crippen LogP contribution in [0.4, 0.5) is 23.2 Å². The molecule has 0 aliphatic carbocycles. The molecule has 9 heteroatoms. The predicted molar refractivity (Wildman–Crippen MR) is 88.8 cm³/mol. The van der Waals surface area contributed by atoms with Gasteiger partial charge in [-0.15, -0.1) is 0 Å². The van der Waals surface area contributed by atoms with Crippen molar-refractivity contribution in [2.24, 2.45) is 11.8 Å². The van der Waals surface area contributed by atoms with Crippen molar-refractivity contribution in [2.75, 3.05) is 11.6 Å². The number of hydrogen-bond acceptors (Lipinski definition) is 3. The third kappa shape index (κ3) is 3.77. The van der Waals surface area contributed by atoms with Gasteiger partial charge in [0, 0.05) is 12.5 Å². The SMILES string of the molecule is NN(C(=O)C1C(=O)NCC1c1ccc(C(F)(F)F)cc1)c1cccc(F)c1. The van der Waals surface area contributed by atoms with Crippen molar-refractivity contribution in [2.45, 2.75) is 12.1 Å². The first-order valence-electron chi connectivity index (χ1n) is 7.97. The highest BCUT2D eigenvalue weighted by Crippen LogP contribution is 2.34. The molecule has 1 fully saturated rings. The van der Waals surface area contributed by atoms with Gasteiger partial charge in [0.1, 0.15) is 11.7 Å². The Balaban J connectivity index is 1.87. The fraction of sp³-hybridized carbons (Fsp3) is 0.222. The Kier molecular flexibility index (Phi) is 4.88. The van der Waals surface area contributed by atoms with Crippen LogP contribution >= 0.6 is 0 Å². The lowest BCUT2D eigenvalue weighted by atomic mass is 9.87. The second-order valence-electron chi connectivity index (χ2n) is 6.14. The first kappa shape index (κ1) is 18.8. The Morgan fingerprint density at radius 1 is 1.15 bits per heavy atom. The maximum atomic E-state index is 13.4. The van der Waals surface area contributed by atoms with E-state index in [1.54, 1.807) is 0 Å². The Hall–Kier alpha value is -2.94. The van der Waals surface area contributed by atoms with Crippen molar-refractivity contribution in [1.82, 2.24) is 5.32 Å². The number of benzene rings is 2. The van der Waals surface area contributed by atoms with Gasteiger partial charge in [0.2, 0.25) is 5.91 Å². The number of hydrazine groups is 1. The number of amides is 2. The van der Waals surface area contributed by atoms with Gasteiger partial charge in [-0.2, -0.15) is 13.2 Å². The summed E-state index contributed by atoms with van der Waals surface area (Å²) in [5.41, 5.74) is -0.371. The molecule has 0 saturated carbocycles. The number of nitrogens with two attached hydrogens (primary N) is 1. The molecule has 3 N–H and O–H groups in total. The molecule has 5 nitrogen and oxygen atoms in total. The first-order chi connectivity index (χ1) is 12.7. The summed E-state index contributed by atoms with van der Waals surface area (Å²) in [4.78, 5) is 24.9. The van der Waals surface area contributed by atoms with E-state index in [2.05, 4.69) is 5.32 Å². The minimum absolute atomic E-state index is 0.0610. The van der Waals surface area contributed by atoms with Crippen LogP contribution in [-0.2, 0) is 15.8 Å². The number of halogens is 4. The molecule has 2 aromatic rings. The van der Waals surface area contributed by atoms with Gasteiger partial charge in [0.05, 0.1) is 11.3 Å². The highest BCUT2D eigenvalue weighted by atomic mass is 19.4. The zero-order chi connectivity index (χ0) is 19.8. The molecule has 0 spiro atoms. The molecule has 0 bridgehead atoms. The molecular formula is C18H15F4N3O2. The van der Waals surface area contributed by atoms with Gasteiger partial charge in [-0.1, -0.05) is 18.2 Å². The molecule has 0 radical (unpaired) electrons. The van der Waals surface area contributed by atoms with E-state index < -0.39 is 41.2 Å². The maximum Gasteiger partial charge on any atom is 0.416 e. The van der Waals surface area contributed by atoms with Crippen LogP contribution < -0.4 is 16.2 Å². The van der Waals surface area contributed by atoms with Crippen molar-refractivity contribution in [3.05, 3.63) is 65.5 Å². The van der Waals surface area contributed by atoms with Crippen LogP contribution in [0.25, 0.3) is 0 Å². The minimum atomic E-state index is -4.48. The molecule has 1 heterocycles. The molecule has 3 rings (SSSR count). The van der Waals surface area contributed by atoms with Gasteiger partial charge in [-0.05, 0) is 35.9 Å². The summed E-state index contributed by atoms with van der Waals surface area (Å²) in [6.07, 6.45) is -4.48. The summed E-state index contributed by atoms with van der Waals surface area (Å²) >= 11 is 0. The van der Waals surface area contributed by atoms with Crippen molar-refractivity contribution in [1.29, 1.82) is 0 Å². The van der Waals surface area contributed by atoms with Crippen molar-refractivity contribution in [3.63, 3.8) is 0 Å². The Bertz CT molecular complexity index is 868. The van der Waals surface area contributed by atoms with E-state index in [4.69, 9.17) is 5.84 Å². The van der Waals surface area contributed by atoms with Crippen LogP contribution in [0.15, 0.2) is 48.5 Å². The Morgan fingerprint density at radius 3 is 2.41 bits per heavy atom. The average Bonchev–Trinajstić information content (AvgIpc) is 3.01. The summed E-state index contributed by atoms with van der Waals surface area (Å²) in [6, 6.07) is 9.24. The monoisotopic (exact) mass is 381 g/mol. The van der Waals surface area contributed by atoms with Gasteiger partial charge in [0.25, 0.3) is 5.91 Å². The molecule has 2 amide bonds. The summed E-state index contributed by atoms with van der Waals surface area (Å²) in [5, 5.41) is 3.20. The van der Waals surface area contributed by atoms with Crippen LogP contribution in [0, 0.1) is 11.7 Å². The van der Waals surface area contributed by atoms with E-state index in [0.29, 0.717) is 10.6 Å². The molecule has 2 atom stereocenters. The third-order valence-electron chi connectivity index (χ3n) is 4.44. The van der Waals surface area contributed by atoms with Crippen LogP contribution in [0.3, 0.4) is 0 Å². The summed E-state index contributed by atoms with van der Waals surface area (Å²) in [6.45, 7) is 0.0809. The van der Waals surface area contributed by atoms with Gasteiger partial charge in [-0.3, -0.25) is 9.59 Å². The number of carbonyl (C=O) groups is 2. The number of carbonyl (C=O) groups excluding carboxylic acids is 2. The summed E-state index contributed by atoms with van der Waals surface area (Å²) < 4.78 is 51.5. The van der Waals surface area contributed by atoms with Crippen molar-refractivity contribution >= 4 is 17.5 Å². The number of anilines is 1. The van der Waals surface area contributed by atoms with Crippen molar-refractivity contribution < 1.29 is 27.2 Å². The standard InChI is InChI=1S/C18H15F4N3O2/c19-12-2-1-3-13(8-12)25(23)17(27)15-14(9-24-16(15)26)10-4-6-11(7-5-10)18(20,21)22/h1-8,14-15H,9,23H2,(H,24,26). The number of rotatable bonds is 3. The fourth-order valence-electron chi connectivity index (χ4n) is 3.04. The summed E-state index contributed by atoms with van der Waals surface area (Å²) in [5.74, 6) is 1.88. The molecule has 1 aliphatic heterocycles. The van der Waals surface area contributed by atoms with E-state index in [-0.39, 0.29) is 12.2 Å². The second kappa shape index (κ2) is 6.99. The largest absolute Gasteiger partial charge is 0.416 e. The van der Waals surface area contributed by atoms with E-state index >= 15 is 0 Å². The van der Waals surface area contributed by atoms with Crippen LogP contribution in [0.5, 0.6) is 0 Å². The lowest BCUT2D eigenvalue weighted by Gasteiger charge is -2.23. The van der Waals surface area contributed by atoms with Gasteiger partial charge in [-0.25, -0.2) is 15.2 Å². The Labute approximate surface area is 151 Å². The molecular weight excluding hydrogens is 366 g/mol. The fourth-order valence-corrected chi connectivity index (χ4v) is 3.04. The number of hydrogen-bond donors (Lipinski definition) is 2. The zero-order valence-electron chi connectivity index (χ0n) is 13.8. The summed E-state index contributed by atoms with van der Waals surface area (Å²) in [7, 11) is 0. The van der Waals surface area contributed by atoms with Crippen LogP contribution in [0.2, 0.25) is 0 Å². The molecule has 1 aliphatic rings. The second-order valence-corrected chi connectivity index (χ2v) is 6.14. The molecule has 0 aromatic heterocycles. The Morgan fingerprint density at radius 2 is 1.81 bits per heavy atom. The van der Waals surface area contributed by atoms with E-state index in [1.165, 1.54) is 30.3 Å². The first-order valence-corrected chi connectivity index (χ1v) is 7.97. The zero-order valence-corrected chi connectivity index (χ0v) is 13.8. The average molecular weight is 381 g/mol. The smallest absolute Gasteiger partial charge is 0.355 e. The maximum absolute atomic E-state index is 13.4. The number of alkyl halides is 3. The number of nitrogens with zero attached hydrogens (tertiary/aromatic N) is 1. The highest BCUT2D eigenvalue weighted by Gasteiger charge is 2.43. The minimum Gasteiger partial charge on any atom is -0.355 e. The normalized spacial score (nSPS) is 19.7.